The van der Waals surface area contributed by atoms with E-state index in [9.17, 15) is 4.79 Å². The number of carbonyl (C=O) groups is 1. The summed E-state index contributed by atoms with van der Waals surface area (Å²) >= 11 is 1.82. The second kappa shape index (κ2) is 11.0. The van der Waals surface area contributed by atoms with Gasteiger partial charge in [-0.05, 0) is 67.3 Å². The van der Waals surface area contributed by atoms with E-state index in [1.807, 2.05) is 44.7 Å². The van der Waals surface area contributed by atoms with Crippen molar-refractivity contribution in [1.29, 1.82) is 0 Å². The van der Waals surface area contributed by atoms with Gasteiger partial charge in [-0.1, -0.05) is 33.3 Å². The van der Waals surface area contributed by atoms with Crippen LogP contribution in [0.25, 0.3) is 0 Å². The van der Waals surface area contributed by atoms with Gasteiger partial charge in [0.15, 0.2) is 6.61 Å². The summed E-state index contributed by atoms with van der Waals surface area (Å²) < 4.78 is 16.6. The molecule has 1 aromatic rings. The third-order valence-corrected chi connectivity index (χ3v) is 7.53. The Morgan fingerprint density at radius 3 is 2.79 bits per heavy atom. The van der Waals surface area contributed by atoms with Crippen LogP contribution in [0.2, 0.25) is 0 Å². The van der Waals surface area contributed by atoms with E-state index >= 15 is 0 Å². The van der Waals surface area contributed by atoms with Crippen LogP contribution in [-0.4, -0.2) is 31.4 Å². The van der Waals surface area contributed by atoms with Gasteiger partial charge >= 0.3 is 5.97 Å². The molecular weight excluding hydrogens is 391 g/mol. The van der Waals surface area contributed by atoms with Gasteiger partial charge in [0.25, 0.3) is 0 Å². The Balaban J connectivity index is 1.92. The predicted molar refractivity (Wildman–Crippen MR) is 119 cm³/mol. The number of fused-ring (bicyclic) bond motifs is 1. The second-order valence-electron chi connectivity index (χ2n) is 7.10. The van der Waals surface area contributed by atoms with Gasteiger partial charge in [-0.2, -0.15) is 0 Å². The number of carbonyl (C=O) groups excluding carboxylic acids is 1. The number of rotatable bonds is 11. The minimum Gasteiger partial charge on any atom is -0.482 e. The fourth-order valence-electron chi connectivity index (χ4n) is 2.79. The third kappa shape index (κ3) is 6.95. The summed E-state index contributed by atoms with van der Waals surface area (Å²) in [5.74, 6) is 0.344. The molecule has 0 radical (unpaired) electrons. The molecule has 0 aromatic heterocycles. The Morgan fingerprint density at radius 2 is 2.11 bits per heavy atom. The third-order valence-electron chi connectivity index (χ3n) is 4.29. The Bertz CT molecular complexity index is 727. The zero-order valence-electron chi connectivity index (χ0n) is 17.3. The summed E-state index contributed by atoms with van der Waals surface area (Å²) in [4.78, 5) is 14.8. The number of hydrogen-bond donors (Lipinski definition) is 0. The number of ether oxygens (including phenoxy) is 3. The van der Waals surface area contributed by atoms with E-state index < -0.39 is 5.60 Å². The molecule has 0 saturated carbocycles. The molecule has 154 valence electrons. The lowest BCUT2D eigenvalue weighted by atomic mass is 10.1. The lowest BCUT2D eigenvalue weighted by molar-refractivity contribution is -0.160. The fourth-order valence-corrected chi connectivity index (χ4v) is 5.60. The number of benzene rings is 1. The van der Waals surface area contributed by atoms with Crippen LogP contribution < -0.4 is 10.0 Å². The summed E-state index contributed by atoms with van der Waals surface area (Å²) in [6.07, 6.45) is 4.58. The zero-order valence-corrected chi connectivity index (χ0v) is 19.1. The molecule has 1 aliphatic rings. The molecule has 0 saturated heterocycles. The summed E-state index contributed by atoms with van der Waals surface area (Å²) in [5.41, 5.74) is -0.564. The van der Waals surface area contributed by atoms with Gasteiger partial charge in [0.2, 0.25) is 0 Å². The molecule has 1 unspecified atom stereocenters. The van der Waals surface area contributed by atoms with E-state index in [0.29, 0.717) is 34.0 Å². The molecule has 1 aliphatic heterocycles. The van der Waals surface area contributed by atoms with Crippen molar-refractivity contribution < 1.29 is 19.0 Å². The van der Waals surface area contributed by atoms with Gasteiger partial charge in [0.1, 0.15) is 11.4 Å². The smallest absolute Gasteiger partial charge is 0.344 e. The van der Waals surface area contributed by atoms with Crippen molar-refractivity contribution in [3.63, 3.8) is 0 Å². The first kappa shape index (κ1) is 23.0. The molecule has 4 nitrogen and oxygen atoms in total. The Morgan fingerprint density at radius 1 is 1.32 bits per heavy atom. The molecule has 6 heteroatoms. The van der Waals surface area contributed by atoms with Gasteiger partial charge in [0, 0.05) is 17.9 Å². The Labute approximate surface area is 174 Å². The zero-order chi connectivity index (χ0) is 20.6. The Kier molecular flexibility index (Phi) is 9.07. The van der Waals surface area contributed by atoms with Gasteiger partial charge in [-0.3, -0.25) is 0 Å². The van der Waals surface area contributed by atoms with E-state index in [1.165, 1.54) is 20.4 Å². The van der Waals surface area contributed by atoms with Crippen LogP contribution in [0.1, 0.15) is 47.0 Å². The van der Waals surface area contributed by atoms with Crippen molar-refractivity contribution in [3.05, 3.63) is 41.1 Å². The van der Waals surface area contributed by atoms with Crippen LogP contribution in [0.3, 0.4) is 0 Å². The van der Waals surface area contributed by atoms with E-state index in [-0.39, 0.29) is 12.6 Å². The maximum absolute atomic E-state index is 12.2. The number of hydrogen-bond acceptors (Lipinski definition) is 5. The van der Waals surface area contributed by atoms with E-state index in [1.54, 1.807) is 0 Å². The second-order valence-corrected chi connectivity index (χ2v) is 9.63. The van der Waals surface area contributed by atoms with Crippen molar-refractivity contribution >= 4 is 31.6 Å². The molecule has 1 heterocycles. The van der Waals surface area contributed by atoms with Crippen LogP contribution in [-0.2, 0) is 14.3 Å². The first-order valence-corrected chi connectivity index (χ1v) is 11.5. The van der Waals surface area contributed by atoms with Crippen molar-refractivity contribution in [1.82, 2.24) is 0 Å². The molecule has 1 aromatic carbocycles. The van der Waals surface area contributed by atoms with Crippen LogP contribution in [0.15, 0.2) is 46.0 Å². The normalized spacial score (nSPS) is 14.7. The lowest BCUT2D eigenvalue weighted by Crippen LogP contribution is -2.32. The molecule has 0 spiro atoms. The van der Waals surface area contributed by atoms with Gasteiger partial charge < -0.3 is 14.2 Å². The highest BCUT2D eigenvalue weighted by Gasteiger charge is 2.23. The van der Waals surface area contributed by atoms with E-state index in [2.05, 4.69) is 25.6 Å². The molecule has 0 fully saturated rings. The molecule has 0 N–H and O–H groups in total. The van der Waals surface area contributed by atoms with Gasteiger partial charge in [-0.25, -0.2) is 4.79 Å². The molecule has 0 aliphatic carbocycles. The fraction of sp³-hybridized carbons (Fsp3) is 0.500. The number of allylic oxidation sites excluding steroid dienone is 3. The van der Waals surface area contributed by atoms with Gasteiger partial charge in [-0.15, -0.1) is 6.58 Å². The Hall–Kier alpha value is -1.29. The topological polar surface area (TPSA) is 44.8 Å². The molecule has 0 bridgehead atoms. The molecule has 0 amide bonds. The molecular formula is C22H31O4PS. The van der Waals surface area contributed by atoms with Crippen LogP contribution in [0, 0.1) is 0 Å². The van der Waals surface area contributed by atoms with Crippen molar-refractivity contribution in [3.8, 4) is 5.75 Å². The quantitative estimate of drug-likeness (QED) is 0.206. The summed E-state index contributed by atoms with van der Waals surface area (Å²) in [6, 6.07) is 6.05. The largest absolute Gasteiger partial charge is 0.482 e. The summed E-state index contributed by atoms with van der Waals surface area (Å²) in [5, 5.41) is 2.75. The average Bonchev–Trinajstić information content (AvgIpc) is 2.65. The maximum Gasteiger partial charge on any atom is 0.344 e. The summed E-state index contributed by atoms with van der Waals surface area (Å²) in [6.45, 7) is 12.9. The van der Waals surface area contributed by atoms with E-state index in [4.69, 9.17) is 14.2 Å². The summed E-state index contributed by atoms with van der Waals surface area (Å²) in [7, 11) is 0.641. The number of thioether (sulfide) groups is 1. The minimum atomic E-state index is -0.564. The standard InChI is InChI=1S/C22H31O4PS/c1-6-9-19-17(7-2)27-18-14-16(10-11-20(18)28-19)25-15-21(23)26-22(4,5)12-13-24-8-3/h6,10-11,14,27H,1,7-9,12-13,15H2,2-5H3. The lowest BCUT2D eigenvalue weighted by Gasteiger charge is -2.25. The highest BCUT2D eigenvalue weighted by molar-refractivity contribution is 8.04. The van der Waals surface area contributed by atoms with Crippen LogP contribution in [0.5, 0.6) is 5.75 Å². The minimum absolute atomic E-state index is 0.0920. The van der Waals surface area contributed by atoms with Gasteiger partial charge in [0.05, 0.1) is 6.61 Å². The SMILES string of the molecule is C=CCC1=C(CC)Pc2cc(OCC(=O)OC(C)(C)CCOCC)ccc2S1. The predicted octanol–water partition coefficient (Wildman–Crippen LogP) is 5.42. The number of esters is 1. The molecule has 1 atom stereocenters. The van der Waals surface area contributed by atoms with Crippen LogP contribution >= 0.6 is 20.3 Å². The average molecular weight is 423 g/mol. The van der Waals surface area contributed by atoms with Crippen molar-refractivity contribution in [2.75, 3.05) is 19.8 Å². The molecule has 28 heavy (non-hydrogen) atoms. The highest BCUT2D eigenvalue weighted by atomic mass is 32.2. The van der Waals surface area contributed by atoms with E-state index in [0.717, 1.165) is 12.8 Å². The highest BCUT2D eigenvalue weighted by Crippen LogP contribution is 2.46. The first-order chi connectivity index (χ1) is 13.4. The maximum atomic E-state index is 12.2. The monoisotopic (exact) mass is 422 g/mol. The first-order valence-electron chi connectivity index (χ1n) is 9.72. The van der Waals surface area contributed by atoms with Crippen molar-refractivity contribution in [2.45, 2.75) is 57.5 Å². The van der Waals surface area contributed by atoms with Crippen molar-refractivity contribution in [2.24, 2.45) is 0 Å². The molecule has 2 rings (SSSR count). The van der Waals surface area contributed by atoms with Crippen LogP contribution in [0.4, 0.5) is 0 Å².